The number of pyridine rings is 1. The lowest BCUT2D eigenvalue weighted by molar-refractivity contribution is -0.138. The van der Waals surface area contributed by atoms with E-state index in [1.807, 2.05) is 18.2 Å². The Bertz CT molecular complexity index is 782. The van der Waals surface area contributed by atoms with Crippen LogP contribution in [0.5, 0.6) is 0 Å². The maximum Gasteiger partial charge on any atom is 0.224 e. The monoisotopic (exact) mass is 369 g/mol. The summed E-state index contributed by atoms with van der Waals surface area (Å²) in [4.78, 5) is 30.4. The van der Waals surface area contributed by atoms with E-state index in [-0.39, 0.29) is 23.5 Å². The van der Waals surface area contributed by atoms with Crippen LogP contribution in [0.15, 0.2) is 48.8 Å². The zero-order valence-electron chi connectivity index (χ0n) is 15.2. The Morgan fingerprint density at radius 3 is 2.85 bits per heavy atom. The first-order valence-corrected chi connectivity index (χ1v) is 9.30. The van der Waals surface area contributed by atoms with Gasteiger partial charge in [0, 0.05) is 38.4 Å². The SMILES string of the molecule is O=C(NCCc1cccnc1)[C@H]1CCC(=O)N(CCc2cccc(F)c2)C1. The smallest absolute Gasteiger partial charge is 0.224 e. The zero-order valence-corrected chi connectivity index (χ0v) is 15.2. The van der Waals surface area contributed by atoms with Crippen LogP contribution in [0.1, 0.15) is 24.0 Å². The van der Waals surface area contributed by atoms with Crippen molar-refractivity contribution in [1.29, 1.82) is 0 Å². The van der Waals surface area contributed by atoms with Crippen LogP contribution in [0.3, 0.4) is 0 Å². The van der Waals surface area contributed by atoms with Gasteiger partial charge in [0.25, 0.3) is 0 Å². The van der Waals surface area contributed by atoms with E-state index < -0.39 is 0 Å². The average molecular weight is 369 g/mol. The minimum atomic E-state index is -0.275. The van der Waals surface area contributed by atoms with Gasteiger partial charge < -0.3 is 10.2 Å². The van der Waals surface area contributed by atoms with E-state index in [1.54, 1.807) is 23.4 Å². The first-order chi connectivity index (χ1) is 13.1. The molecule has 1 saturated heterocycles. The Kier molecular flexibility index (Phi) is 6.52. The van der Waals surface area contributed by atoms with Crippen molar-refractivity contribution in [2.45, 2.75) is 25.7 Å². The second-order valence-corrected chi connectivity index (χ2v) is 6.86. The molecule has 0 unspecified atom stereocenters. The van der Waals surface area contributed by atoms with Gasteiger partial charge >= 0.3 is 0 Å². The fraction of sp³-hybridized carbons (Fsp3) is 0.381. The van der Waals surface area contributed by atoms with Crippen LogP contribution in [0.25, 0.3) is 0 Å². The van der Waals surface area contributed by atoms with Gasteiger partial charge in [0.1, 0.15) is 5.82 Å². The first kappa shape index (κ1) is 19.0. The van der Waals surface area contributed by atoms with Gasteiger partial charge in [0.2, 0.25) is 11.8 Å². The fourth-order valence-electron chi connectivity index (χ4n) is 3.32. The maximum absolute atomic E-state index is 13.3. The summed E-state index contributed by atoms with van der Waals surface area (Å²) in [6.07, 6.45) is 5.78. The summed E-state index contributed by atoms with van der Waals surface area (Å²) < 4.78 is 13.3. The highest BCUT2D eigenvalue weighted by Gasteiger charge is 2.29. The molecule has 0 radical (unpaired) electrons. The molecule has 2 amide bonds. The number of piperidine rings is 1. The van der Waals surface area contributed by atoms with E-state index in [0.717, 1.165) is 17.5 Å². The van der Waals surface area contributed by atoms with Gasteiger partial charge in [-0.05, 0) is 48.6 Å². The Morgan fingerprint density at radius 1 is 1.22 bits per heavy atom. The minimum Gasteiger partial charge on any atom is -0.355 e. The average Bonchev–Trinajstić information content (AvgIpc) is 2.68. The Hall–Kier alpha value is -2.76. The minimum absolute atomic E-state index is 0.0119. The molecule has 0 aliphatic carbocycles. The molecule has 2 aromatic rings. The predicted molar refractivity (Wildman–Crippen MR) is 100 cm³/mol. The molecule has 27 heavy (non-hydrogen) atoms. The number of carbonyl (C=O) groups is 2. The largest absolute Gasteiger partial charge is 0.355 e. The van der Waals surface area contributed by atoms with Crippen LogP contribution in [-0.2, 0) is 22.4 Å². The number of likely N-dealkylation sites (tertiary alicyclic amines) is 1. The van der Waals surface area contributed by atoms with E-state index in [4.69, 9.17) is 0 Å². The molecular weight excluding hydrogens is 345 g/mol. The van der Waals surface area contributed by atoms with Crippen molar-refractivity contribution < 1.29 is 14.0 Å². The van der Waals surface area contributed by atoms with Crippen molar-refractivity contribution in [3.8, 4) is 0 Å². The van der Waals surface area contributed by atoms with Crippen molar-refractivity contribution in [3.05, 3.63) is 65.7 Å². The highest BCUT2D eigenvalue weighted by atomic mass is 19.1. The fourth-order valence-corrected chi connectivity index (χ4v) is 3.32. The number of hydrogen-bond acceptors (Lipinski definition) is 3. The van der Waals surface area contributed by atoms with Crippen LogP contribution in [0.4, 0.5) is 4.39 Å². The van der Waals surface area contributed by atoms with Crippen molar-refractivity contribution in [1.82, 2.24) is 15.2 Å². The maximum atomic E-state index is 13.3. The third-order valence-corrected chi connectivity index (χ3v) is 4.87. The van der Waals surface area contributed by atoms with Gasteiger partial charge in [-0.25, -0.2) is 4.39 Å². The van der Waals surface area contributed by atoms with Crippen molar-refractivity contribution >= 4 is 11.8 Å². The van der Waals surface area contributed by atoms with Crippen LogP contribution in [-0.4, -0.2) is 41.3 Å². The molecule has 1 aromatic carbocycles. The molecule has 3 rings (SSSR count). The second-order valence-electron chi connectivity index (χ2n) is 6.86. The number of halogens is 1. The number of nitrogens with zero attached hydrogens (tertiary/aromatic N) is 2. The summed E-state index contributed by atoms with van der Waals surface area (Å²) in [6.45, 7) is 1.48. The first-order valence-electron chi connectivity index (χ1n) is 9.30. The summed E-state index contributed by atoms with van der Waals surface area (Å²) in [5, 5.41) is 2.96. The number of rotatable bonds is 7. The van der Waals surface area contributed by atoms with Crippen LogP contribution in [0, 0.1) is 11.7 Å². The lowest BCUT2D eigenvalue weighted by Gasteiger charge is -2.32. The molecule has 1 fully saturated rings. The molecule has 1 atom stereocenters. The molecule has 2 heterocycles. The van der Waals surface area contributed by atoms with Crippen molar-refractivity contribution in [2.75, 3.05) is 19.6 Å². The van der Waals surface area contributed by atoms with Crippen LogP contribution >= 0.6 is 0 Å². The molecule has 0 spiro atoms. The van der Waals surface area contributed by atoms with Gasteiger partial charge in [-0.2, -0.15) is 0 Å². The lowest BCUT2D eigenvalue weighted by atomic mass is 9.96. The standard InChI is InChI=1S/C21H24FN3O2/c22-19-5-1-3-16(13-19)9-12-25-15-18(6-7-20(25)26)21(27)24-11-8-17-4-2-10-23-14-17/h1-5,10,13-14,18H,6-9,11-12,15H2,(H,24,27)/t18-/m0/s1. The molecule has 142 valence electrons. The summed E-state index contributed by atoms with van der Waals surface area (Å²) in [5.41, 5.74) is 1.93. The quantitative estimate of drug-likeness (QED) is 0.815. The molecular formula is C21H24FN3O2. The van der Waals surface area contributed by atoms with E-state index in [0.29, 0.717) is 38.9 Å². The van der Waals surface area contributed by atoms with Crippen molar-refractivity contribution in [2.24, 2.45) is 5.92 Å². The number of benzene rings is 1. The number of aromatic nitrogens is 1. The van der Waals surface area contributed by atoms with E-state index in [2.05, 4.69) is 10.3 Å². The van der Waals surface area contributed by atoms with E-state index in [9.17, 15) is 14.0 Å². The van der Waals surface area contributed by atoms with Gasteiger partial charge in [0.05, 0.1) is 5.92 Å². The topological polar surface area (TPSA) is 62.3 Å². The Balaban J connectivity index is 1.47. The van der Waals surface area contributed by atoms with Gasteiger partial charge in [-0.1, -0.05) is 18.2 Å². The third kappa shape index (κ3) is 5.61. The number of carbonyl (C=O) groups excluding carboxylic acids is 2. The summed E-state index contributed by atoms with van der Waals surface area (Å²) in [5.74, 6) is -0.416. The Labute approximate surface area is 158 Å². The zero-order chi connectivity index (χ0) is 19.1. The normalized spacial score (nSPS) is 17.0. The van der Waals surface area contributed by atoms with Gasteiger partial charge in [-0.15, -0.1) is 0 Å². The highest BCUT2D eigenvalue weighted by Crippen LogP contribution is 2.18. The molecule has 1 aromatic heterocycles. The van der Waals surface area contributed by atoms with Gasteiger partial charge in [-0.3, -0.25) is 14.6 Å². The number of nitrogens with one attached hydrogen (secondary N) is 1. The predicted octanol–water partition coefficient (Wildman–Crippen LogP) is 2.36. The van der Waals surface area contributed by atoms with Gasteiger partial charge in [0.15, 0.2) is 0 Å². The molecule has 1 aliphatic heterocycles. The molecule has 0 saturated carbocycles. The molecule has 1 aliphatic rings. The summed E-state index contributed by atoms with van der Waals surface area (Å²) in [7, 11) is 0. The van der Waals surface area contributed by atoms with Crippen LogP contribution < -0.4 is 5.32 Å². The molecule has 1 N–H and O–H groups in total. The summed E-state index contributed by atoms with van der Waals surface area (Å²) >= 11 is 0. The second kappa shape index (κ2) is 9.26. The Morgan fingerprint density at radius 2 is 2.07 bits per heavy atom. The molecule has 0 bridgehead atoms. The molecule has 6 heteroatoms. The number of hydrogen-bond donors (Lipinski definition) is 1. The lowest BCUT2D eigenvalue weighted by Crippen LogP contribution is -2.46. The third-order valence-electron chi connectivity index (χ3n) is 4.87. The highest BCUT2D eigenvalue weighted by molar-refractivity contribution is 5.83. The number of amides is 2. The van der Waals surface area contributed by atoms with E-state index in [1.165, 1.54) is 12.1 Å². The van der Waals surface area contributed by atoms with E-state index >= 15 is 0 Å². The van der Waals surface area contributed by atoms with Crippen molar-refractivity contribution in [3.63, 3.8) is 0 Å². The van der Waals surface area contributed by atoms with Crippen LogP contribution in [0.2, 0.25) is 0 Å². The molecule has 5 nitrogen and oxygen atoms in total. The summed E-state index contributed by atoms with van der Waals surface area (Å²) in [6, 6.07) is 10.3.